The molecule has 0 fully saturated rings. The zero-order valence-electron chi connectivity index (χ0n) is 11.2. The smallest absolute Gasteiger partial charge is 0.196 e. The molecule has 0 aliphatic carbocycles. The van der Waals surface area contributed by atoms with Crippen LogP contribution in [-0.4, -0.2) is 24.3 Å². The van der Waals surface area contributed by atoms with Crippen molar-refractivity contribution >= 4 is 5.78 Å². The van der Waals surface area contributed by atoms with E-state index in [9.17, 15) is 4.79 Å². The molecular formula is C16H16O4. The van der Waals surface area contributed by atoms with Crippen LogP contribution < -0.4 is 9.47 Å². The van der Waals surface area contributed by atoms with Gasteiger partial charge in [0.2, 0.25) is 0 Å². The van der Waals surface area contributed by atoms with E-state index in [1.807, 2.05) is 25.1 Å². The van der Waals surface area contributed by atoms with E-state index >= 15 is 0 Å². The molecule has 4 nitrogen and oxygen atoms in total. The molecule has 1 N–H and O–H groups in total. The first-order valence-electron chi connectivity index (χ1n) is 6.36. The van der Waals surface area contributed by atoms with Gasteiger partial charge >= 0.3 is 0 Å². The number of hydrogen-bond donors (Lipinski definition) is 1. The molecule has 104 valence electrons. The molecule has 0 saturated carbocycles. The van der Waals surface area contributed by atoms with Crippen molar-refractivity contribution in [1.82, 2.24) is 0 Å². The van der Waals surface area contributed by atoms with Crippen LogP contribution in [0.25, 0.3) is 0 Å². The normalized spacial score (nSPS) is 10.1. The largest absolute Gasteiger partial charge is 0.493 e. The van der Waals surface area contributed by atoms with E-state index in [1.54, 1.807) is 30.3 Å². The van der Waals surface area contributed by atoms with E-state index in [0.29, 0.717) is 29.2 Å². The predicted octanol–water partition coefficient (Wildman–Crippen LogP) is 2.64. The summed E-state index contributed by atoms with van der Waals surface area (Å²) in [4.78, 5) is 12.4. The van der Waals surface area contributed by atoms with Crippen molar-refractivity contribution in [3.05, 3.63) is 59.7 Å². The maximum Gasteiger partial charge on any atom is 0.196 e. The molecule has 0 radical (unpaired) electrons. The van der Waals surface area contributed by atoms with Crippen LogP contribution in [0.5, 0.6) is 11.5 Å². The van der Waals surface area contributed by atoms with E-state index in [2.05, 4.69) is 0 Å². The standard InChI is InChI=1S/C16H16O4/c1-2-19-15-10-13(20-11-17)8-9-14(15)16(18)12-6-4-3-5-7-12/h3-10,17H,2,11H2,1H3. The molecule has 2 aromatic rings. The summed E-state index contributed by atoms with van der Waals surface area (Å²) in [5.41, 5.74) is 1.08. The summed E-state index contributed by atoms with van der Waals surface area (Å²) in [5, 5.41) is 8.77. The Labute approximate surface area is 117 Å². The Hall–Kier alpha value is -2.33. The zero-order chi connectivity index (χ0) is 14.4. The Morgan fingerprint density at radius 1 is 1.10 bits per heavy atom. The molecule has 0 aromatic heterocycles. The number of rotatable bonds is 6. The van der Waals surface area contributed by atoms with Gasteiger partial charge in [0.05, 0.1) is 12.2 Å². The Balaban J connectivity index is 2.37. The van der Waals surface area contributed by atoms with E-state index in [0.717, 1.165) is 0 Å². The minimum absolute atomic E-state index is 0.107. The first-order valence-corrected chi connectivity index (χ1v) is 6.36. The second-order valence-electron chi connectivity index (χ2n) is 4.06. The van der Waals surface area contributed by atoms with Gasteiger partial charge in [-0.1, -0.05) is 30.3 Å². The monoisotopic (exact) mass is 272 g/mol. The van der Waals surface area contributed by atoms with E-state index in [-0.39, 0.29) is 5.78 Å². The first-order chi connectivity index (χ1) is 9.76. The summed E-state index contributed by atoms with van der Waals surface area (Å²) in [6.45, 7) is 1.87. The summed E-state index contributed by atoms with van der Waals surface area (Å²) in [7, 11) is 0. The topological polar surface area (TPSA) is 55.8 Å². The fourth-order valence-corrected chi connectivity index (χ4v) is 1.87. The Morgan fingerprint density at radius 2 is 1.85 bits per heavy atom. The number of ether oxygens (including phenoxy) is 2. The van der Waals surface area contributed by atoms with Gasteiger partial charge in [-0.3, -0.25) is 4.79 Å². The SMILES string of the molecule is CCOc1cc(OCO)ccc1C(=O)c1ccccc1. The molecule has 0 saturated heterocycles. The van der Waals surface area contributed by atoms with E-state index in [4.69, 9.17) is 14.6 Å². The average molecular weight is 272 g/mol. The van der Waals surface area contributed by atoms with Crippen molar-refractivity contribution < 1.29 is 19.4 Å². The molecule has 2 rings (SSSR count). The lowest BCUT2D eigenvalue weighted by atomic mass is 10.0. The second-order valence-corrected chi connectivity index (χ2v) is 4.06. The molecule has 0 heterocycles. The van der Waals surface area contributed by atoms with Gasteiger partial charge in [0, 0.05) is 11.6 Å². The highest BCUT2D eigenvalue weighted by atomic mass is 16.6. The molecular weight excluding hydrogens is 256 g/mol. The number of hydrogen-bond acceptors (Lipinski definition) is 4. The summed E-state index contributed by atoms with van der Waals surface area (Å²) in [6, 6.07) is 13.9. The van der Waals surface area contributed by atoms with Crippen LogP contribution in [0.2, 0.25) is 0 Å². The summed E-state index contributed by atoms with van der Waals surface area (Å²) < 4.78 is 10.5. The van der Waals surface area contributed by atoms with Gasteiger partial charge in [0.1, 0.15) is 11.5 Å². The van der Waals surface area contributed by atoms with Crippen LogP contribution in [0.1, 0.15) is 22.8 Å². The van der Waals surface area contributed by atoms with Crippen molar-refractivity contribution in [2.45, 2.75) is 6.92 Å². The molecule has 0 unspecified atom stereocenters. The van der Waals surface area contributed by atoms with Crippen LogP contribution in [0.4, 0.5) is 0 Å². The lowest BCUT2D eigenvalue weighted by Crippen LogP contribution is -2.06. The van der Waals surface area contributed by atoms with Gasteiger partial charge in [-0.2, -0.15) is 0 Å². The number of aliphatic hydroxyl groups excluding tert-OH is 1. The number of carbonyl (C=O) groups excluding carboxylic acids is 1. The molecule has 20 heavy (non-hydrogen) atoms. The highest BCUT2D eigenvalue weighted by molar-refractivity contribution is 6.10. The van der Waals surface area contributed by atoms with Crippen LogP contribution in [0.15, 0.2) is 48.5 Å². The van der Waals surface area contributed by atoms with Crippen LogP contribution in [0, 0.1) is 0 Å². The number of carbonyl (C=O) groups is 1. The minimum atomic E-state index is -0.419. The fraction of sp³-hybridized carbons (Fsp3) is 0.188. The third-order valence-electron chi connectivity index (χ3n) is 2.76. The lowest BCUT2D eigenvalue weighted by Gasteiger charge is -2.11. The Morgan fingerprint density at radius 3 is 2.50 bits per heavy atom. The Kier molecular flexibility index (Phi) is 4.74. The van der Waals surface area contributed by atoms with Crippen molar-refractivity contribution in [1.29, 1.82) is 0 Å². The quantitative estimate of drug-likeness (QED) is 0.649. The van der Waals surface area contributed by atoms with Gasteiger partial charge in [0.15, 0.2) is 12.6 Å². The third-order valence-corrected chi connectivity index (χ3v) is 2.76. The first kappa shape index (κ1) is 14.1. The molecule has 0 spiro atoms. The predicted molar refractivity (Wildman–Crippen MR) is 75.2 cm³/mol. The van der Waals surface area contributed by atoms with Crippen LogP contribution in [-0.2, 0) is 0 Å². The molecule has 0 aliphatic heterocycles. The average Bonchev–Trinajstić information content (AvgIpc) is 2.48. The lowest BCUT2D eigenvalue weighted by molar-refractivity contribution is 0.0981. The molecule has 2 aromatic carbocycles. The maximum atomic E-state index is 12.4. The zero-order valence-corrected chi connectivity index (χ0v) is 11.2. The van der Waals surface area contributed by atoms with Gasteiger partial charge in [-0.25, -0.2) is 0 Å². The van der Waals surface area contributed by atoms with Crippen molar-refractivity contribution in [3.63, 3.8) is 0 Å². The van der Waals surface area contributed by atoms with Gasteiger partial charge < -0.3 is 14.6 Å². The van der Waals surface area contributed by atoms with Crippen molar-refractivity contribution in [2.75, 3.05) is 13.4 Å². The summed E-state index contributed by atoms with van der Waals surface area (Å²) in [6.07, 6.45) is 0. The molecule has 4 heteroatoms. The second kappa shape index (κ2) is 6.73. The van der Waals surface area contributed by atoms with Gasteiger partial charge in [-0.15, -0.1) is 0 Å². The molecule has 0 aliphatic rings. The van der Waals surface area contributed by atoms with E-state index < -0.39 is 6.79 Å². The number of benzene rings is 2. The number of aliphatic hydroxyl groups is 1. The molecule has 0 amide bonds. The maximum absolute atomic E-state index is 12.4. The highest BCUT2D eigenvalue weighted by Crippen LogP contribution is 2.27. The summed E-state index contributed by atoms with van der Waals surface area (Å²) >= 11 is 0. The highest BCUT2D eigenvalue weighted by Gasteiger charge is 2.15. The third kappa shape index (κ3) is 3.16. The fourth-order valence-electron chi connectivity index (χ4n) is 1.87. The summed E-state index contributed by atoms with van der Waals surface area (Å²) in [5.74, 6) is 0.803. The number of ketones is 1. The van der Waals surface area contributed by atoms with Gasteiger partial charge in [-0.05, 0) is 19.1 Å². The molecule has 0 atom stereocenters. The Bertz CT molecular complexity index is 578. The minimum Gasteiger partial charge on any atom is -0.493 e. The van der Waals surface area contributed by atoms with E-state index in [1.165, 1.54) is 0 Å². The molecule has 0 bridgehead atoms. The van der Waals surface area contributed by atoms with Crippen molar-refractivity contribution in [2.24, 2.45) is 0 Å². The van der Waals surface area contributed by atoms with Crippen LogP contribution >= 0.6 is 0 Å². The van der Waals surface area contributed by atoms with Crippen molar-refractivity contribution in [3.8, 4) is 11.5 Å². The van der Waals surface area contributed by atoms with Crippen LogP contribution in [0.3, 0.4) is 0 Å². The van der Waals surface area contributed by atoms with Gasteiger partial charge in [0.25, 0.3) is 0 Å².